The van der Waals surface area contributed by atoms with E-state index < -0.39 is 17.5 Å². The summed E-state index contributed by atoms with van der Waals surface area (Å²) in [7, 11) is 0. The third-order valence-electron chi connectivity index (χ3n) is 2.18. The van der Waals surface area contributed by atoms with Crippen LogP contribution in [-0.4, -0.2) is 22.3 Å². The van der Waals surface area contributed by atoms with Crippen molar-refractivity contribution >= 4 is 5.97 Å². The number of aliphatic hydroxyl groups excluding tert-OH is 1. The van der Waals surface area contributed by atoms with Crippen molar-refractivity contribution in [2.24, 2.45) is 5.41 Å². The number of aliphatic hydroxyl groups is 1. The van der Waals surface area contributed by atoms with E-state index in [0.29, 0.717) is 19.3 Å². The largest absolute Gasteiger partial charge is 0.481 e. The van der Waals surface area contributed by atoms with E-state index in [2.05, 4.69) is 5.92 Å². The van der Waals surface area contributed by atoms with Gasteiger partial charge in [0.25, 0.3) is 0 Å². The van der Waals surface area contributed by atoms with Crippen molar-refractivity contribution in [2.45, 2.75) is 39.2 Å². The van der Waals surface area contributed by atoms with Crippen LogP contribution in [0, 0.1) is 17.8 Å². The molecule has 0 aliphatic carbocycles. The second kappa shape index (κ2) is 4.88. The topological polar surface area (TPSA) is 57.5 Å². The Kier molecular flexibility index (Phi) is 4.50. The van der Waals surface area contributed by atoms with Crippen LogP contribution in [-0.2, 0) is 4.79 Å². The number of hydrogen-bond donors (Lipinski definition) is 2. The van der Waals surface area contributed by atoms with Crippen LogP contribution in [0.4, 0.5) is 0 Å². The molecule has 13 heavy (non-hydrogen) atoms. The molecule has 3 nitrogen and oxygen atoms in total. The highest BCUT2D eigenvalue weighted by Crippen LogP contribution is 2.24. The maximum absolute atomic E-state index is 10.7. The predicted octanol–water partition coefficient (Wildman–Crippen LogP) is 1.26. The fraction of sp³-hybridized carbons (Fsp3) is 0.700. The predicted molar refractivity (Wildman–Crippen MR) is 50.1 cm³/mol. The molecule has 74 valence electrons. The second-order valence-electron chi connectivity index (χ2n) is 3.64. The van der Waals surface area contributed by atoms with Gasteiger partial charge in [0, 0.05) is 6.42 Å². The second-order valence-corrected chi connectivity index (χ2v) is 3.64. The van der Waals surface area contributed by atoms with Gasteiger partial charge in [0.05, 0.1) is 11.5 Å². The summed E-state index contributed by atoms with van der Waals surface area (Å²) in [5.41, 5.74) is -1.09. The SMILES string of the molecule is C#CCCCC(O)C(C)(C)C(=O)O. The minimum absolute atomic E-state index is 0.434. The summed E-state index contributed by atoms with van der Waals surface area (Å²) < 4.78 is 0. The van der Waals surface area contributed by atoms with Crippen molar-refractivity contribution in [3.8, 4) is 12.3 Å². The first-order chi connectivity index (χ1) is 5.92. The molecule has 0 fully saturated rings. The van der Waals surface area contributed by atoms with Gasteiger partial charge in [0.15, 0.2) is 0 Å². The molecule has 0 saturated heterocycles. The molecule has 0 aliphatic heterocycles. The van der Waals surface area contributed by atoms with Crippen LogP contribution in [0.2, 0.25) is 0 Å². The molecule has 0 aromatic rings. The van der Waals surface area contributed by atoms with Gasteiger partial charge < -0.3 is 10.2 Å². The lowest BCUT2D eigenvalue weighted by atomic mass is 9.84. The third kappa shape index (κ3) is 3.47. The zero-order valence-electron chi connectivity index (χ0n) is 8.08. The molecule has 1 atom stereocenters. The zero-order valence-corrected chi connectivity index (χ0v) is 8.08. The standard InChI is InChI=1S/C10H16O3/c1-4-5-6-7-8(11)10(2,3)9(12)13/h1,8,11H,5-7H2,2-3H3,(H,12,13). The zero-order chi connectivity index (χ0) is 10.5. The van der Waals surface area contributed by atoms with E-state index in [9.17, 15) is 9.90 Å². The molecule has 0 amide bonds. The van der Waals surface area contributed by atoms with Gasteiger partial charge in [0.2, 0.25) is 0 Å². The fourth-order valence-corrected chi connectivity index (χ4v) is 0.901. The molecule has 0 radical (unpaired) electrons. The van der Waals surface area contributed by atoms with E-state index in [0.717, 1.165) is 0 Å². The molecule has 0 spiro atoms. The Labute approximate surface area is 78.8 Å². The van der Waals surface area contributed by atoms with Crippen molar-refractivity contribution in [3.05, 3.63) is 0 Å². The number of carboxylic acids is 1. The van der Waals surface area contributed by atoms with Crippen LogP contribution in [0.5, 0.6) is 0 Å². The Morgan fingerprint density at radius 1 is 1.62 bits per heavy atom. The minimum Gasteiger partial charge on any atom is -0.481 e. The van der Waals surface area contributed by atoms with E-state index in [1.165, 1.54) is 13.8 Å². The fourth-order valence-electron chi connectivity index (χ4n) is 0.901. The van der Waals surface area contributed by atoms with Gasteiger partial charge in [-0.1, -0.05) is 0 Å². The number of terminal acetylenes is 1. The van der Waals surface area contributed by atoms with E-state index >= 15 is 0 Å². The summed E-state index contributed by atoms with van der Waals surface area (Å²) >= 11 is 0. The average molecular weight is 184 g/mol. The monoisotopic (exact) mass is 184 g/mol. The van der Waals surface area contributed by atoms with Gasteiger partial charge >= 0.3 is 5.97 Å². The summed E-state index contributed by atoms with van der Waals surface area (Å²) in [6.45, 7) is 3.02. The van der Waals surface area contributed by atoms with Gasteiger partial charge in [0.1, 0.15) is 0 Å². The number of rotatable bonds is 5. The van der Waals surface area contributed by atoms with Crippen LogP contribution in [0.25, 0.3) is 0 Å². The van der Waals surface area contributed by atoms with Crippen molar-refractivity contribution < 1.29 is 15.0 Å². The molecule has 2 N–H and O–H groups in total. The smallest absolute Gasteiger partial charge is 0.311 e. The average Bonchev–Trinajstić information content (AvgIpc) is 2.04. The molecule has 0 aromatic carbocycles. The van der Waals surface area contributed by atoms with Crippen LogP contribution < -0.4 is 0 Å². The molecule has 0 saturated carbocycles. The van der Waals surface area contributed by atoms with Crippen LogP contribution in [0.1, 0.15) is 33.1 Å². The summed E-state index contributed by atoms with van der Waals surface area (Å²) in [5, 5.41) is 18.3. The molecule has 0 aliphatic rings. The quantitative estimate of drug-likeness (QED) is 0.499. The lowest BCUT2D eigenvalue weighted by Gasteiger charge is -2.25. The van der Waals surface area contributed by atoms with E-state index in [1.807, 2.05) is 0 Å². The Morgan fingerprint density at radius 3 is 2.54 bits per heavy atom. The highest BCUT2D eigenvalue weighted by atomic mass is 16.4. The normalized spacial score (nSPS) is 13.4. The van der Waals surface area contributed by atoms with E-state index in [-0.39, 0.29) is 0 Å². The summed E-state index contributed by atoms with van der Waals surface area (Å²) in [6, 6.07) is 0. The molecule has 0 bridgehead atoms. The van der Waals surface area contributed by atoms with Gasteiger partial charge in [-0.15, -0.1) is 12.3 Å². The Morgan fingerprint density at radius 2 is 2.15 bits per heavy atom. The molecular formula is C10H16O3. The van der Waals surface area contributed by atoms with Gasteiger partial charge in [-0.2, -0.15) is 0 Å². The first kappa shape index (κ1) is 12.0. The van der Waals surface area contributed by atoms with E-state index in [1.54, 1.807) is 0 Å². The lowest BCUT2D eigenvalue weighted by molar-refractivity contribution is -0.153. The van der Waals surface area contributed by atoms with Gasteiger partial charge in [-0.3, -0.25) is 4.79 Å². The summed E-state index contributed by atoms with van der Waals surface area (Å²) in [6.07, 6.45) is 5.87. The molecule has 0 heterocycles. The number of carboxylic acid groups (broad SMARTS) is 1. The maximum Gasteiger partial charge on any atom is 0.311 e. The maximum atomic E-state index is 10.7. The van der Waals surface area contributed by atoms with Crippen molar-refractivity contribution in [3.63, 3.8) is 0 Å². The Hall–Kier alpha value is -1.01. The van der Waals surface area contributed by atoms with Crippen LogP contribution in [0.3, 0.4) is 0 Å². The molecular weight excluding hydrogens is 168 g/mol. The number of carbonyl (C=O) groups is 1. The lowest BCUT2D eigenvalue weighted by Crippen LogP contribution is -2.36. The van der Waals surface area contributed by atoms with E-state index in [4.69, 9.17) is 11.5 Å². The van der Waals surface area contributed by atoms with Crippen LogP contribution in [0.15, 0.2) is 0 Å². The highest BCUT2D eigenvalue weighted by molar-refractivity contribution is 5.74. The molecule has 1 unspecified atom stereocenters. The van der Waals surface area contributed by atoms with Gasteiger partial charge in [-0.05, 0) is 26.7 Å². The Bertz CT molecular complexity index is 213. The number of aliphatic carboxylic acids is 1. The van der Waals surface area contributed by atoms with Crippen molar-refractivity contribution in [1.29, 1.82) is 0 Å². The highest BCUT2D eigenvalue weighted by Gasteiger charge is 2.34. The van der Waals surface area contributed by atoms with Crippen molar-refractivity contribution in [2.75, 3.05) is 0 Å². The number of unbranched alkanes of at least 4 members (excludes halogenated alkanes) is 1. The molecule has 3 heteroatoms. The van der Waals surface area contributed by atoms with Gasteiger partial charge in [-0.25, -0.2) is 0 Å². The molecule has 0 rings (SSSR count). The third-order valence-corrected chi connectivity index (χ3v) is 2.18. The summed E-state index contributed by atoms with van der Waals surface area (Å²) in [4.78, 5) is 10.7. The van der Waals surface area contributed by atoms with Crippen molar-refractivity contribution in [1.82, 2.24) is 0 Å². The Balaban J connectivity index is 4.03. The summed E-state index contributed by atoms with van der Waals surface area (Å²) in [5.74, 6) is 1.46. The minimum atomic E-state index is -1.09. The first-order valence-corrected chi connectivity index (χ1v) is 4.28. The number of hydrogen-bond acceptors (Lipinski definition) is 2. The molecule has 0 aromatic heterocycles. The first-order valence-electron chi connectivity index (χ1n) is 4.28. The van der Waals surface area contributed by atoms with Crippen LogP contribution >= 0.6 is 0 Å².